The van der Waals surface area contributed by atoms with Gasteiger partial charge >= 0.3 is 0 Å². The maximum atomic E-state index is 12.3. The van der Waals surface area contributed by atoms with Crippen LogP contribution in [0.3, 0.4) is 0 Å². The van der Waals surface area contributed by atoms with Gasteiger partial charge in [-0.3, -0.25) is 4.79 Å². The van der Waals surface area contributed by atoms with Gasteiger partial charge in [0.2, 0.25) is 11.8 Å². The molecule has 0 bridgehead atoms. The van der Waals surface area contributed by atoms with Gasteiger partial charge in [0.1, 0.15) is 6.26 Å². The number of benzene rings is 1. The van der Waals surface area contributed by atoms with E-state index >= 15 is 0 Å². The number of rotatable bonds is 4. The van der Waals surface area contributed by atoms with E-state index in [1.807, 2.05) is 32.0 Å². The van der Waals surface area contributed by atoms with Gasteiger partial charge < -0.3 is 15.1 Å². The molecule has 1 aromatic heterocycles. The highest BCUT2D eigenvalue weighted by molar-refractivity contribution is 5.93. The number of aromatic nitrogens is 1. The van der Waals surface area contributed by atoms with E-state index < -0.39 is 0 Å². The van der Waals surface area contributed by atoms with Crippen LogP contribution in [0.4, 0.5) is 5.69 Å². The predicted octanol–water partition coefficient (Wildman–Crippen LogP) is 2.44. The van der Waals surface area contributed by atoms with Crippen molar-refractivity contribution in [2.45, 2.75) is 13.8 Å². The molecule has 1 unspecified atom stereocenters. The molecule has 1 fully saturated rings. The molecule has 1 amide bonds. The number of aryl methyl sites for hydroxylation is 1. The molecule has 1 saturated heterocycles. The summed E-state index contributed by atoms with van der Waals surface area (Å²) in [7, 11) is 0. The summed E-state index contributed by atoms with van der Waals surface area (Å²) in [6, 6.07) is 5.78. The summed E-state index contributed by atoms with van der Waals surface area (Å²) in [4.78, 5) is 16.4. The van der Waals surface area contributed by atoms with Gasteiger partial charge in [-0.2, -0.15) is 0 Å². The Kier molecular flexibility index (Phi) is 3.75. The van der Waals surface area contributed by atoms with Gasteiger partial charge in [0, 0.05) is 17.2 Å². The fraction of sp³-hybridized carbons (Fsp3) is 0.375. The highest BCUT2D eigenvalue weighted by atomic mass is 16.3. The van der Waals surface area contributed by atoms with Crippen LogP contribution < -0.4 is 10.6 Å². The van der Waals surface area contributed by atoms with E-state index in [4.69, 9.17) is 4.42 Å². The zero-order valence-electron chi connectivity index (χ0n) is 12.2. The molecule has 0 saturated carbocycles. The standard InChI is InChI=1S/C16H19N3O2/c1-10-3-4-13(7-14(10)16-18-5-6-21-16)19-15(20)11(2)12-8-17-9-12/h3-7,11-12,17H,8-9H2,1-2H3,(H,19,20). The maximum absolute atomic E-state index is 12.3. The Morgan fingerprint density at radius 3 is 2.90 bits per heavy atom. The van der Waals surface area contributed by atoms with Crippen molar-refractivity contribution < 1.29 is 9.21 Å². The van der Waals surface area contributed by atoms with Crippen LogP contribution in [0.1, 0.15) is 12.5 Å². The highest BCUT2D eigenvalue weighted by Crippen LogP contribution is 2.26. The number of hydrogen-bond acceptors (Lipinski definition) is 4. The molecule has 3 rings (SSSR count). The van der Waals surface area contributed by atoms with E-state index in [2.05, 4.69) is 15.6 Å². The fourth-order valence-electron chi connectivity index (χ4n) is 2.42. The molecule has 0 aliphatic carbocycles. The summed E-state index contributed by atoms with van der Waals surface area (Å²) < 4.78 is 5.34. The van der Waals surface area contributed by atoms with E-state index in [1.165, 1.54) is 0 Å². The SMILES string of the molecule is Cc1ccc(NC(=O)C(C)C2CNC2)cc1-c1ncco1. The molecule has 110 valence electrons. The number of carbonyl (C=O) groups is 1. The van der Waals surface area contributed by atoms with Crippen molar-refractivity contribution in [2.75, 3.05) is 18.4 Å². The summed E-state index contributed by atoms with van der Waals surface area (Å²) in [5.74, 6) is 1.07. The van der Waals surface area contributed by atoms with Crippen LogP contribution in [-0.2, 0) is 4.79 Å². The van der Waals surface area contributed by atoms with Crippen molar-refractivity contribution in [1.29, 1.82) is 0 Å². The van der Waals surface area contributed by atoms with Crippen LogP contribution >= 0.6 is 0 Å². The average molecular weight is 285 g/mol. The molecule has 0 radical (unpaired) electrons. The third-order valence-corrected chi connectivity index (χ3v) is 4.10. The van der Waals surface area contributed by atoms with Gasteiger partial charge in [0.15, 0.2) is 0 Å². The van der Waals surface area contributed by atoms with E-state index in [-0.39, 0.29) is 11.8 Å². The van der Waals surface area contributed by atoms with Gasteiger partial charge in [-0.25, -0.2) is 4.98 Å². The topological polar surface area (TPSA) is 67.2 Å². The first-order valence-electron chi connectivity index (χ1n) is 7.17. The Labute approximate surface area is 123 Å². The minimum Gasteiger partial charge on any atom is -0.445 e. The molecule has 2 N–H and O–H groups in total. The summed E-state index contributed by atoms with van der Waals surface area (Å²) in [5.41, 5.74) is 2.74. The molecule has 1 aliphatic heterocycles. The Morgan fingerprint density at radius 2 is 2.29 bits per heavy atom. The van der Waals surface area contributed by atoms with Gasteiger partial charge in [-0.1, -0.05) is 13.0 Å². The molecular formula is C16H19N3O2. The smallest absolute Gasteiger partial charge is 0.227 e. The van der Waals surface area contributed by atoms with Gasteiger partial charge in [-0.15, -0.1) is 0 Å². The van der Waals surface area contributed by atoms with E-state index in [9.17, 15) is 4.79 Å². The first-order chi connectivity index (χ1) is 10.1. The van der Waals surface area contributed by atoms with Crippen molar-refractivity contribution in [3.63, 3.8) is 0 Å². The van der Waals surface area contributed by atoms with Gasteiger partial charge in [-0.05, 0) is 43.6 Å². The number of nitrogens with zero attached hydrogens (tertiary/aromatic N) is 1. The predicted molar refractivity (Wildman–Crippen MR) is 80.8 cm³/mol. The Balaban J connectivity index is 1.76. The lowest BCUT2D eigenvalue weighted by molar-refractivity contribution is -0.121. The summed E-state index contributed by atoms with van der Waals surface area (Å²) in [5, 5.41) is 6.18. The quantitative estimate of drug-likeness (QED) is 0.905. The Bertz CT molecular complexity index is 633. The van der Waals surface area contributed by atoms with Crippen molar-refractivity contribution in [3.8, 4) is 11.5 Å². The second kappa shape index (κ2) is 5.69. The highest BCUT2D eigenvalue weighted by Gasteiger charge is 2.28. The first kappa shape index (κ1) is 13.8. The molecule has 21 heavy (non-hydrogen) atoms. The molecule has 2 aromatic rings. The average Bonchev–Trinajstić information content (AvgIpc) is 2.92. The maximum Gasteiger partial charge on any atom is 0.227 e. The number of nitrogens with one attached hydrogen (secondary N) is 2. The largest absolute Gasteiger partial charge is 0.445 e. The molecule has 1 atom stereocenters. The van der Waals surface area contributed by atoms with E-state index in [0.717, 1.165) is 29.9 Å². The van der Waals surface area contributed by atoms with Crippen molar-refractivity contribution in [2.24, 2.45) is 11.8 Å². The van der Waals surface area contributed by atoms with Gasteiger partial charge in [0.25, 0.3) is 0 Å². The van der Waals surface area contributed by atoms with Crippen LogP contribution in [0.2, 0.25) is 0 Å². The van der Waals surface area contributed by atoms with Crippen LogP contribution in [0.15, 0.2) is 35.1 Å². The summed E-state index contributed by atoms with van der Waals surface area (Å²) in [6.45, 7) is 5.81. The Morgan fingerprint density at radius 1 is 1.48 bits per heavy atom. The number of anilines is 1. The van der Waals surface area contributed by atoms with E-state index in [0.29, 0.717) is 11.8 Å². The number of oxazole rings is 1. The Hall–Kier alpha value is -2.14. The first-order valence-corrected chi connectivity index (χ1v) is 7.17. The van der Waals surface area contributed by atoms with Crippen molar-refractivity contribution in [1.82, 2.24) is 10.3 Å². The molecule has 0 spiro atoms. The normalized spacial score (nSPS) is 16.3. The third-order valence-electron chi connectivity index (χ3n) is 4.10. The number of hydrogen-bond donors (Lipinski definition) is 2. The number of carbonyl (C=O) groups excluding carboxylic acids is 1. The lowest BCUT2D eigenvalue weighted by Crippen LogP contribution is -2.48. The molecular weight excluding hydrogens is 266 g/mol. The third kappa shape index (κ3) is 2.83. The van der Waals surface area contributed by atoms with Crippen LogP contribution in [0.25, 0.3) is 11.5 Å². The monoisotopic (exact) mass is 285 g/mol. The minimum absolute atomic E-state index is 0.0118. The van der Waals surface area contributed by atoms with Crippen LogP contribution in [0.5, 0.6) is 0 Å². The second-order valence-corrected chi connectivity index (χ2v) is 5.56. The molecule has 1 aromatic carbocycles. The molecule has 5 heteroatoms. The zero-order valence-corrected chi connectivity index (χ0v) is 12.2. The van der Waals surface area contributed by atoms with Crippen LogP contribution in [0, 0.1) is 18.8 Å². The van der Waals surface area contributed by atoms with Crippen molar-refractivity contribution in [3.05, 3.63) is 36.2 Å². The second-order valence-electron chi connectivity index (χ2n) is 5.56. The fourth-order valence-corrected chi connectivity index (χ4v) is 2.42. The minimum atomic E-state index is 0.0118. The number of amides is 1. The summed E-state index contributed by atoms with van der Waals surface area (Å²) in [6.07, 6.45) is 3.16. The van der Waals surface area contributed by atoms with Gasteiger partial charge in [0.05, 0.1) is 6.20 Å². The lowest BCUT2D eigenvalue weighted by atomic mass is 9.88. The lowest BCUT2D eigenvalue weighted by Gasteiger charge is -2.31. The van der Waals surface area contributed by atoms with E-state index in [1.54, 1.807) is 12.5 Å². The molecule has 2 heterocycles. The van der Waals surface area contributed by atoms with Crippen molar-refractivity contribution >= 4 is 11.6 Å². The summed E-state index contributed by atoms with van der Waals surface area (Å²) >= 11 is 0. The molecule has 5 nitrogen and oxygen atoms in total. The van der Waals surface area contributed by atoms with Crippen LogP contribution in [-0.4, -0.2) is 24.0 Å². The zero-order chi connectivity index (χ0) is 14.8. The molecule has 1 aliphatic rings.